The lowest BCUT2D eigenvalue weighted by molar-refractivity contribution is -0.117. The first kappa shape index (κ1) is 52.5. The monoisotopic (exact) mass is 1480 g/mol. The van der Waals surface area contributed by atoms with E-state index >= 15 is 0 Å². The van der Waals surface area contributed by atoms with E-state index in [1.54, 1.807) is 136 Å². The molecule has 12 N–H and O–H groups in total. The Morgan fingerprint density at radius 2 is 0.895 bits per heavy atom. The highest BCUT2D eigenvalue weighted by molar-refractivity contribution is 14.1. The summed E-state index contributed by atoms with van der Waals surface area (Å²) < 4.78 is 0.697. The maximum Gasteiger partial charge on any atom is 0.256 e. The highest BCUT2D eigenvalue weighted by atomic mass is 127. The van der Waals surface area contributed by atoms with E-state index in [2.05, 4.69) is 5.32 Å². The lowest BCUT2D eigenvalue weighted by Crippen LogP contribution is -2.46. The van der Waals surface area contributed by atoms with Crippen molar-refractivity contribution in [3.63, 3.8) is 0 Å². The van der Waals surface area contributed by atoms with Crippen molar-refractivity contribution in [3.05, 3.63) is 43.7 Å². The number of benzene rings is 2. The molecule has 0 spiro atoms. The summed E-state index contributed by atoms with van der Waals surface area (Å²) in [7, 11) is 0. The third kappa shape index (κ3) is 12.9. The van der Waals surface area contributed by atoms with E-state index in [-0.39, 0.29) is 61.6 Å². The molecule has 4 atom stereocenters. The van der Waals surface area contributed by atoms with Crippen LogP contribution in [0.25, 0.3) is 0 Å². The molecule has 0 aliphatic heterocycles. The van der Waals surface area contributed by atoms with Crippen molar-refractivity contribution in [1.82, 2.24) is 10.2 Å². The van der Waals surface area contributed by atoms with E-state index in [1.165, 1.54) is 0 Å². The molecule has 19 nitrogen and oxygen atoms in total. The van der Waals surface area contributed by atoms with Crippen molar-refractivity contribution in [1.29, 1.82) is 0 Å². The molecule has 2 aromatic carbocycles. The van der Waals surface area contributed by atoms with Gasteiger partial charge in [0.05, 0.1) is 105 Å². The van der Waals surface area contributed by atoms with Gasteiger partial charge < -0.3 is 67.2 Å². The van der Waals surface area contributed by atoms with Crippen molar-refractivity contribution >= 4 is 182 Å². The maximum absolute atomic E-state index is 14.1. The van der Waals surface area contributed by atoms with Crippen LogP contribution in [0.1, 0.15) is 55.3 Å². The molecule has 0 heterocycles. The van der Waals surface area contributed by atoms with Crippen molar-refractivity contribution in [3.8, 4) is 0 Å². The van der Waals surface area contributed by atoms with Crippen molar-refractivity contribution in [2.45, 2.75) is 38.3 Å². The predicted molar refractivity (Wildman–Crippen MR) is 256 cm³/mol. The fourth-order valence-corrected chi connectivity index (χ4v) is 14.7. The molecule has 6 amide bonds. The van der Waals surface area contributed by atoms with Gasteiger partial charge in [-0.05, 0) is 136 Å². The number of carbonyl (C=O) groups excluding carboxylic acids is 6. The molecular weight excluding hydrogens is 1440 g/mol. The summed E-state index contributed by atoms with van der Waals surface area (Å²) in [6.45, 7) is -2.27. The van der Waals surface area contributed by atoms with E-state index < -0.39 is 106 Å². The van der Waals surface area contributed by atoms with E-state index in [4.69, 9.17) is 11.5 Å². The number of carbonyl (C=O) groups is 6. The van der Waals surface area contributed by atoms with E-state index in [0.29, 0.717) is 0 Å². The second-order valence-electron chi connectivity index (χ2n) is 12.2. The molecular formula is C32H38I6N6O13. The number of aliphatic hydroxyl groups is 7. The molecule has 25 heteroatoms. The SMILES string of the molecule is CC(=O)N(CC(O)CN(C(C)=O)c1c(I)c(C(N)=O)c(I)c(C(=O)N(CC(O)CO)CC(O)CO)c1I)c1c(I)c(C(N)=O)c(I)c(C(=O)NCC(O)CO)c1I. The second kappa shape index (κ2) is 23.5. The van der Waals surface area contributed by atoms with Gasteiger partial charge in [0.15, 0.2) is 0 Å². The molecule has 2 rings (SSSR count). The summed E-state index contributed by atoms with van der Waals surface area (Å²) >= 11 is 10.6. The van der Waals surface area contributed by atoms with Crippen LogP contribution in [0.5, 0.6) is 0 Å². The highest BCUT2D eigenvalue weighted by Gasteiger charge is 2.36. The molecule has 0 radical (unpaired) electrons. The average Bonchev–Trinajstić information content (AvgIpc) is 3.11. The first-order chi connectivity index (χ1) is 26.5. The normalized spacial score (nSPS) is 13.3. The van der Waals surface area contributed by atoms with E-state index in [9.17, 15) is 64.5 Å². The minimum absolute atomic E-state index is 0.0248. The number of nitrogens with one attached hydrogen (secondary N) is 1. The Hall–Kier alpha value is -0.640. The van der Waals surface area contributed by atoms with Crippen molar-refractivity contribution in [2.24, 2.45) is 11.5 Å². The van der Waals surface area contributed by atoms with Crippen LogP contribution < -0.4 is 26.6 Å². The van der Waals surface area contributed by atoms with E-state index in [1.807, 2.05) is 0 Å². The molecule has 316 valence electrons. The van der Waals surface area contributed by atoms with Gasteiger partial charge in [-0.2, -0.15) is 0 Å². The largest absolute Gasteiger partial charge is 0.394 e. The number of anilines is 2. The Bertz CT molecular complexity index is 1900. The van der Waals surface area contributed by atoms with Gasteiger partial charge >= 0.3 is 0 Å². The Labute approximate surface area is 407 Å². The topological polar surface area (TPSA) is 318 Å². The van der Waals surface area contributed by atoms with Crippen LogP contribution in [0.3, 0.4) is 0 Å². The van der Waals surface area contributed by atoms with Crippen LogP contribution in [0.2, 0.25) is 0 Å². The quantitative estimate of drug-likeness (QED) is 0.0796. The smallest absolute Gasteiger partial charge is 0.256 e. The van der Waals surface area contributed by atoms with E-state index in [0.717, 1.165) is 28.5 Å². The zero-order chi connectivity index (χ0) is 43.8. The average molecular weight is 1480 g/mol. The van der Waals surface area contributed by atoms with Gasteiger partial charge in [0.1, 0.15) is 0 Å². The fourth-order valence-electron chi connectivity index (χ4n) is 5.22. The molecule has 0 saturated carbocycles. The number of nitrogens with two attached hydrogens (primary N) is 2. The molecule has 0 fully saturated rings. The third-order valence-corrected chi connectivity index (χ3v) is 14.2. The predicted octanol–water partition coefficient (Wildman–Crippen LogP) is -0.489. The number of rotatable bonds is 19. The van der Waals surface area contributed by atoms with Gasteiger partial charge in [-0.1, -0.05) is 0 Å². The molecule has 4 unspecified atom stereocenters. The summed E-state index contributed by atoms with van der Waals surface area (Å²) in [6.07, 6.45) is -5.79. The van der Waals surface area contributed by atoms with Crippen LogP contribution in [0, 0.1) is 21.4 Å². The summed E-state index contributed by atoms with van der Waals surface area (Å²) in [5.41, 5.74) is 10.9. The van der Waals surface area contributed by atoms with Gasteiger partial charge in [0.2, 0.25) is 11.8 Å². The van der Waals surface area contributed by atoms with Gasteiger partial charge in [-0.25, -0.2) is 0 Å². The standard InChI is InChI=1S/C32H38I6N6O13/c1-11(48)43(27-23(35)17(29(39)54)21(33)19(25(27)37)31(56)41-3-13(50)8-45)6-14(51)7-44(12(2)49)28-24(36)18(30(40)55)22(34)20(26(28)38)32(57)42(4-15(52)9-46)5-16(53)10-47/h13-16,45-47,50-53H,3-10H2,1-2H3,(H2,39,54)(H2,40,55)(H,41,56). The second-order valence-corrected chi connectivity index (χ2v) is 18.6. The zero-order valence-electron chi connectivity index (χ0n) is 29.8. The first-order valence-electron chi connectivity index (χ1n) is 16.2. The Balaban J connectivity index is 2.81. The summed E-state index contributed by atoms with van der Waals surface area (Å²) in [5.74, 6) is -4.90. The zero-order valence-corrected chi connectivity index (χ0v) is 42.8. The highest BCUT2D eigenvalue weighted by Crippen LogP contribution is 2.40. The molecule has 2 aromatic rings. The maximum atomic E-state index is 14.1. The van der Waals surface area contributed by atoms with Crippen LogP contribution in [0.15, 0.2) is 0 Å². The Kier molecular flexibility index (Phi) is 21.7. The fraction of sp³-hybridized carbons (Fsp3) is 0.438. The summed E-state index contributed by atoms with van der Waals surface area (Å²) in [4.78, 5) is 82.9. The van der Waals surface area contributed by atoms with Gasteiger partial charge in [0.25, 0.3) is 23.6 Å². The molecule has 57 heavy (non-hydrogen) atoms. The van der Waals surface area contributed by atoms with Crippen molar-refractivity contribution < 1.29 is 64.5 Å². The number of aliphatic hydroxyl groups excluding tert-OH is 7. The van der Waals surface area contributed by atoms with Crippen LogP contribution in [0.4, 0.5) is 11.4 Å². The molecule has 0 bridgehead atoms. The number of hydrogen-bond acceptors (Lipinski definition) is 13. The number of primary amides is 2. The number of halogens is 6. The van der Waals surface area contributed by atoms with Crippen LogP contribution >= 0.6 is 136 Å². The van der Waals surface area contributed by atoms with Gasteiger partial charge in [0, 0.05) is 40.6 Å². The van der Waals surface area contributed by atoms with Crippen LogP contribution in [-0.2, 0) is 9.59 Å². The lowest BCUT2D eigenvalue weighted by atomic mass is 10.0. The number of nitrogens with zero attached hydrogens (tertiary/aromatic N) is 3. The van der Waals surface area contributed by atoms with Gasteiger partial charge in [-0.15, -0.1) is 0 Å². The molecule has 0 aliphatic carbocycles. The Morgan fingerprint density at radius 1 is 0.544 bits per heavy atom. The molecule has 0 saturated heterocycles. The molecule has 0 aromatic heterocycles. The van der Waals surface area contributed by atoms with Crippen LogP contribution in [-0.4, -0.2) is 153 Å². The number of hydrogen-bond donors (Lipinski definition) is 10. The van der Waals surface area contributed by atoms with Crippen molar-refractivity contribution in [2.75, 3.05) is 62.3 Å². The summed E-state index contributed by atoms with van der Waals surface area (Å²) in [5, 5.41) is 72.4. The lowest BCUT2D eigenvalue weighted by Gasteiger charge is -2.33. The van der Waals surface area contributed by atoms with Gasteiger partial charge in [-0.3, -0.25) is 28.8 Å². The Morgan fingerprint density at radius 3 is 1.25 bits per heavy atom. The minimum Gasteiger partial charge on any atom is -0.394 e. The molecule has 0 aliphatic rings. The first-order valence-corrected chi connectivity index (χ1v) is 22.6. The third-order valence-electron chi connectivity index (χ3n) is 7.89. The number of amides is 6. The minimum atomic E-state index is -1.59. The summed E-state index contributed by atoms with van der Waals surface area (Å²) in [6, 6.07) is 0.